The third-order valence-corrected chi connectivity index (χ3v) is 4.83. The van der Waals surface area contributed by atoms with Crippen molar-refractivity contribution in [1.29, 1.82) is 0 Å². The van der Waals surface area contributed by atoms with Gasteiger partial charge in [-0.1, -0.05) is 46.4 Å². The average molecular weight is 350 g/mol. The second-order valence-electron chi connectivity index (χ2n) is 5.55. The summed E-state index contributed by atoms with van der Waals surface area (Å²) >= 11 is 1.46. The van der Waals surface area contributed by atoms with Crippen molar-refractivity contribution in [3.8, 4) is 0 Å². The first-order valence-electron chi connectivity index (χ1n) is 7.67. The van der Waals surface area contributed by atoms with Crippen molar-refractivity contribution in [3.05, 3.63) is 70.3 Å². The quantitative estimate of drug-likeness (QED) is 0.614. The fraction of sp³-hybridized carbons (Fsp3) is 0.118. The van der Waals surface area contributed by atoms with Gasteiger partial charge in [-0.3, -0.25) is 4.79 Å². The van der Waals surface area contributed by atoms with E-state index in [0.717, 1.165) is 15.8 Å². The fourth-order valence-corrected chi connectivity index (χ4v) is 3.53. The number of aromatic nitrogens is 5. The van der Waals surface area contributed by atoms with Crippen molar-refractivity contribution >= 4 is 27.5 Å². The molecule has 0 fully saturated rings. The molecule has 4 rings (SSSR count). The van der Waals surface area contributed by atoms with E-state index in [9.17, 15) is 4.79 Å². The summed E-state index contributed by atoms with van der Waals surface area (Å²) in [4.78, 5) is 17.5. The summed E-state index contributed by atoms with van der Waals surface area (Å²) in [6, 6.07) is 15.3. The van der Waals surface area contributed by atoms with Crippen LogP contribution >= 0.6 is 11.3 Å². The smallest absolute Gasteiger partial charge is 0.279 e. The summed E-state index contributed by atoms with van der Waals surface area (Å²) in [7, 11) is 0. The summed E-state index contributed by atoms with van der Waals surface area (Å²) in [5.74, 6) is 0.265. The number of nitrogens with one attached hydrogen (secondary N) is 1. The maximum atomic E-state index is 12.5. The topological polar surface area (TPSA) is 88.8 Å². The number of para-hydroxylation sites is 1. The van der Waals surface area contributed by atoms with Gasteiger partial charge in [0.15, 0.2) is 10.6 Å². The van der Waals surface area contributed by atoms with Gasteiger partial charge in [-0.05, 0) is 31.2 Å². The monoisotopic (exact) mass is 350 g/mol. The van der Waals surface area contributed by atoms with Gasteiger partial charge < -0.3 is 4.57 Å². The van der Waals surface area contributed by atoms with Crippen LogP contribution in [0.2, 0.25) is 0 Å². The first kappa shape index (κ1) is 15.4. The molecule has 0 unspecified atom stereocenters. The van der Waals surface area contributed by atoms with Gasteiger partial charge in [0.2, 0.25) is 0 Å². The maximum absolute atomic E-state index is 12.5. The number of hydrogen-bond acceptors (Lipinski definition) is 5. The van der Waals surface area contributed by atoms with Gasteiger partial charge in [0.05, 0.1) is 16.8 Å². The Balaban J connectivity index is 1.82. The molecule has 7 nitrogen and oxygen atoms in total. The third kappa shape index (κ3) is 3.11. The first-order valence-corrected chi connectivity index (χ1v) is 8.49. The van der Waals surface area contributed by atoms with Crippen molar-refractivity contribution in [1.82, 2.24) is 25.2 Å². The van der Waals surface area contributed by atoms with Crippen LogP contribution in [-0.2, 0) is 6.54 Å². The number of carbonyl (C=O) groups excluding carboxylic acids is 1. The predicted octanol–water partition coefficient (Wildman–Crippen LogP) is 2.31. The number of H-pyrrole nitrogens is 1. The number of aromatic amines is 1. The molecule has 0 aliphatic carbocycles. The molecular weight excluding hydrogens is 336 g/mol. The highest BCUT2D eigenvalue weighted by atomic mass is 32.1. The van der Waals surface area contributed by atoms with E-state index in [2.05, 4.69) is 25.6 Å². The molecule has 0 radical (unpaired) electrons. The molecule has 0 aliphatic heterocycles. The Bertz CT molecular complexity index is 1090. The lowest BCUT2D eigenvalue weighted by Crippen LogP contribution is -2.18. The van der Waals surface area contributed by atoms with E-state index in [-0.39, 0.29) is 5.91 Å². The molecule has 124 valence electrons. The van der Waals surface area contributed by atoms with Crippen LogP contribution in [0.15, 0.2) is 53.5 Å². The number of aryl methyl sites for hydroxylation is 1. The number of carbonyl (C=O) groups is 1. The number of tetrazole rings is 1. The van der Waals surface area contributed by atoms with Crippen LogP contribution in [-0.4, -0.2) is 31.1 Å². The molecule has 2 aromatic carbocycles. The van der Waals surface area contributed by atoms with Crippen LogP contribution in [0.5, 0.6) is 0 Å². The van der Waals surface area contributed by atoms with Gasteiger partial charge in [0.25, 0.3) is 5.91 Å². The minimum atomic E-state index is -0.270. The maximum Gasteiger partial charge on any atom is 0.279 e. The highest BCUT2D eigenvalue weighted by molar-refractivity contribution is 7.16. The second kappa shape index (κ2) is 6.40. The van der Waals surface area contributed by atoms with Crippen molar-refractivity contribution in [3.63, 3.8) is 0 Å². The lowest BCUT2D eigenvalue weighted by atomic mass is 10.1. The van der Waals surface area contributed by atoms with E-state index in [1.807, 2.05) is 47.9 Å². The molecule has 8 heteroatoms. The van der Waals surface area contributed by atoms with E-state index < -0.39 is 0 Å². The first-order chi connectivity index (χ1) is 12.2. The highest BCUT2D eigenvalue weighted by Crippen LogP contribution is 2.17. The van der Waals surface area contributed by atoms with Crippen molar-refractivity contribution in [2.75, 3.05) is 0 Å². The van der Waals surface area contributed by atoms with E-state index in [1.165, 1.54) is 11.3 Å². The minimum absolute atomic E-state index is 0.270. The normalized spacial score (nSPS) is 12.0. The number of nitrogens with zero attached hydrogens (tertiary/aromatic N) is 5. The summed E-state index contributed by atoms with van der Waals surface area (Å²) in [6.45, 7) is 2.37. The fourth-order valence-electron chi connectivity index (χ4n) is 2.50. The minimum Gasteiger partial charge on any atom is -0.309 e. The largest absolute Gasteiger partial charge is 0.309 e. The average Bonchev–Trinajstić information content (AvgIpc) is 3.24. The van der Waals surface area contributed by atoms with Crippen LogP contribution in [0.4, 0.5) is 0 Å². The molecule has 1 amide bonds. The number of fused-ring (bicyclic) bond motifs is 1. The summed E-state index contributed by atoms with van der Waals surface area (Å²) in [5.41, 5.74) is 2.65. The Morgan fingerprint density at radius 2 is 2.00 bits per heavy atom. The molecule has 0 aliphatic rings. The second-order valence-corrected chi connectivity index (χ2v) is 6.56. The molecule has 25 heavy (non-hydrogen) atoms. The molecule has 2 heterocycles. The Labute approximate surface area is 146 Å². The van der Waals surface area contributed by atoms with Crippen LogP contribution in [0.25, 0.3) is 10.2 Å². The molecule has 2 aromatic heterocycles. The summed E-state index contributed by atoms with van der Waals surface area (Å²) < 4.78 is 2.97. The summed E-state index contributed by atoms with van der Waals surface area (Å²) in [6.07, 6.45) is 0. The standard InChI is InChI=1S/C17H14N6OS/c1-11-6-8-12(9-7-11)16(24)18-17-23(10-15-19-21-22-20-15)13-4-2-3-5-14(13)25-17/h2-9H,10H2,1H3,(H,19,20,21,22). The van der Waals surface area contributed by atoms with Gasteiger partial charge in [0, 0.05) is 5.56 Å². The van der Waals surface area contributed by atoms with Crippen LogP contribution in [0, 0.1) is 6.92 Å². The number of amides is 1. The van der Waals surface area contributed by atoms with Crippen LogP contribution < -0.4 is 4.80 Å². The van der Waals surface area contributed by atoms with Crippen molar-refractivity contribution < 1.29 is 4.79 Å². The Kier molecular flexibility index (Phi) is 3.95. The zero-order valence-corrected chi connectivity index (χ0v) is 14.2. The molecule has 1 N–H and O–H groups in total. The highest BCUT2D eigenvalue weighted by Gasteiger charge is 2.11. The third-order valence-electron chi connectivity index (χ3n) is 3.77. The lowest BCUT2D eigenvalue weighted by molar-refractivity contribution is 0.0998. The molecule has 0 bridgehead atoms. The number of thiazole rings is 1. The van der Waals surface area contributed by atoms with Gasteiger partial charge in [-0.25, -0.2) is 0 Å². The zero-order chi connectivity index (χ0) is 17.2. The number of rotatable bonds is 3. The van der Waals surface area contributed by atoms with Crippen LogP contribution in [0.3, 0.4) is 0 Å². The van der Waals surface area contributed by atoms with Gasteiger partial charge in [0.1, 0.15) is 0 Å². The number of hydrogen-bond donors (Lipinski definition) is 1. The Morgan fingerprint density at radius 3 is 2.76 bits per heavy atom. The SMILES string of the molecule is Cc1ccc(C(=O)N=c2sc3ccccc3n2Cc2nn[nH]n2)cc1. The van der Waals surface area contributed by atoms with Crippen molar-refractivity contribution in [2.45, 2.75) is 13.5 Å². The predicted molar refractivity (Wildman–Crippen MR) is 94.2 cm³/mol. The van der Waals surface area contributed by atoms with Crippen LogP contribution in [0.1, 0.15) is 21.7 Å². The zero-order valence-electron chi connectivity index (χ0n) is 13.4. The molecule has 0 saturated heterocycles. The van der Waals surface area contributed by atoms with Crippen molar-refractivity contribution in [2.24, 2.45) is 4.99 Å². The molecule has 4 aromatic rings. The van der Waals surface area contributed by atoms with E-state index in [1.54, 1.807) is 12.1 Å². The van der Waals surface area contributed by atoms with E-state index in [4.69, 9.17) is 0 Å². The molecular formula is C17H14N6OS. The van der Waals surface area contributed by atoms with E-state index >= 15 is 0 Å². The van der Waals surface area contributed by atoms with Gasteiger partial charge in [-0.15, -0.1) is 10.2 Å². The Morgan fingerprint density at radius 1 is 1.20 bits per heavy atom. The number of benzene rings is 2. The van der Waals surface area contributed by atoms with E-state index in [0.29, 0.717) is 22.7 Å². The summed E-state index contributed by atoms with van der Waals surface area (Å²) in [5, 5.41) is 14.0. The molecule has 0 atom stereocenters. The van der Waals surface area contributed by atoms with Gasteiger partial charge in [-0.2, -0.15) is 10.2 Å². The molecule has 0 spiro atoms. The lowest BCUT2D eigenvalue weighted by Gasteiger charge is -2.01. The Hall–Kier alpha value is -3.13. The molecule has 0 saturated carbocycles. The van der Waals surface area contributed by atoms with Gasteiger partial charge >= 0.3 is 0 Å².